The molecule has 16 heavy (non-hydrogen) atoms. The third-order valence-electron chi connectivity index (χ3n) is 1.64. The van der Waals surface area contributed by atoms with E-state index in [4.69, 9.17) is 10.6 Å². The Labute approximate surface area is 98.8 Å². The molecule has 1 rings (SSSR count). The molecule has 3 N–H and O–H groups in total. The van der Waals surface area contributed by atoms with Gasteiger partial charge in [-0.3, -0.25) is 20.3 Å². The van der Waals surface area contributed by atoms with Gasteiger partial charge in [-0.2, -0.15) is 0 Å². The van der Waals surface area contributed by atoms with Gasteiger partial charge in [0.2, 0.25) is 0 Å². The van der Waals surface area contributed by atoms with Crippen LogP contribution in [0, 0.1) is 10.1 Å². The summed E-state index contributed by atoms with van der Waals surface area (Å²) in [5, 5.41) is 10.7. The Morgan fingerprint density at radius 1 is 1.62 bits per heavy atom. The lowest BCUT2D eigenvalue weighted by Gasteiger charge is -2.05. The molecule has 0 bridgehead atoms. The van der Waals surface area contributed by atoms with Crippen molar-refractivity contribution in [2.24, 2.45) is 5.84 Å². The maximum absolute atomic E-state index is 10.8. The molecular weight excluding hydrogens is 282 g/mol. The van der Waals surface area contributed by atoms with Crippen molar-refractivity contribution in [1.29, 1.82) is 0 Å². The summed E-state index contributed by atoms with van der Waals surface area (Å²) in [6.45, 7) is -0.376. The van der Waals surface area contributed by atoms with E-state index in [9.17, 15) is 14.9 Å². The molecule has 0 atom stereocenters. The number of halogens is 1. The van der Waals surface area contributed by atoms with Gasteiger partial charge in [0.05, 0.1) is 4.92 Å². The van der Waals surface area contributed by atoms with Gasteiger partial charge in [-0.1, -0.05) is 15.9 Å². The lowest BCUT2D eigenvalue weighted by Crippen LogP contribution is -2.34. The van der Waals surface area contributed by atoms with E-state index in [1.54, 1.807) is 6.07 Å². The van der Waals surface area contributed by atoms with E-state index in [1.807, 2.05) is 5.43 Å². The molecule has 0 spiro atoms. The fourth-order valence-electron chi connectivity index (χ4n) is 0.940. The third-order valence-corrected chi connectivity index (χ3v) is 2.13. The van der Waals surface area contributed by atoms with Crippen molar-refractivity contribution in [2.45, 2.75) is 0 Å². The molecule has 0 heterocycles. The van der Waals surface area contributed by atoms with Crippen molar-refractivity contribution < 1.29 is 14.5 Å². The van der Waals surface area contributed by atoms with Crippen LogP contribution in [0.3, 0.4) is 0 Å². The summed E-state index contributed by atoms with van der Waals surface area (Å²) in [6.07, 6.45) is 0. The first-order valence-corrected chi connectivity index (χ1v) is 4.90. The molecule has 0 aliphatic rings. The van der Waals surface area contributed by atoms with E-state index in [2.05, 4.69) is 15.9 Å². The predicted molar refractivity (Wildman–Crippen MR) is 58.6 cm³/mol. The van der Waals surface area contributed by atoms with Crippen LogP contribution in [-0.2, 0) is 4.79 Å². The van der Waals surface area contributed by atoms with Gasteiger partial charge in [-0.15, -0.1) is 0 Å². The van der Waals surface area contributed by atoms with Gasteiger partial charge in [0.25, 0.3) is 5.91 Å². The number of hydrogen-bond acceptors (Lipinski definition) is 5. The molecule has 86 valence electrons. The van der Waals surface area contributed by atoms with E-state index in [0.29, 0.717) is 4.47 Å². The number of nitrogens with one attached hydrogen (secondary N) is 1. The highest BCUT2D eigenvalue weighted by Crippen LogP contribution is 2.29. The van der Waals surface area contributed by atoms with E-state index in [0.717, 1.165) is 0 Å². The summed E-state index contributed by atoms with van der Waals surface area (Å²) in [6, 6.07) is 4.25. The second-order valence-electron chi connectivity index (χ2n) is 2.73. The number of amides is 1. The third kappa shape index (κ3) is 3.17. The quantitative estimate of drug-likeness (QED) is 0.368. The molecule has 0 aromatic heterocycles. The first-order chi connectivity index (χ1) is 7.54. The summed E-state index contributed by atoms with van der Waals surface area (Å²) in [5.41, 5.74) is 1.63. The Morgan fingerprint density at radius 3 is 2.88 bits per heavy atom. The molecular formula is C8H8BrN3O4. The van der Waals surface area contributed by atoms with Crippen LogP contribution in [0.4, 0.5) is 5.69 Å². The number of rotatable bonds is 4. The van der Waals surface area contributed by atoms with Gasteiger partial charge in [0.1, 0.15) is 0 Å². The van der Waals surface area contributed by atoms with Gasteiger partial charge in [0.15, 0.2) is 12.4 Å². The van der Waals surface area contributed by atoms with E-state index >= 15 is 0 Å². The molecule has 0 radical (unpaired) electrons. The second-order valence-corrected chi connectivity index (χ2v) is 3.64. The second kappa shape index (κ2) is 5.42. The fraction of sp³-hybridized carbons (Fsp3) is 0.125. The lowest BCUT2D eigenvalue weighted by atomic mass is 10.3. The van der Waals surface area contributed by atoms with Crippen LogP contribution < -0.4 is 16.0 Å². The summed E-state index contributed by atoms with van der Waals surface area (Å²) >= 11 is 3.10. The van der Waals surface area contributed by atoms with Crippen LogP contribution in [0.15, 0.2) is 22.7 Å². The van der Waals surface area contributed by atoms with Crippen LogP contribution in [-0.4, -0.2) is 17.4 Å². The minimum Gasteiger partial charge on any atom is -0.477 e. The number of benzene rings is 1. The Morgan fingerprint density at radius 2 is 2.31 bits per heavy atom. The molecule has 0 aliphatic carbocycles. The number of nitro benzene ring substituents is 1. The zero-order valence-corrected chi connectivity index (χ0v) is 9.56. The number of hydrazine groups is 1. The maximum atomic E-state index is 10.8. The largest absolute Gasteiger partial charge is 0.477 e. The average Bonchev–Trinajstić information content (AvgIpc) is 2.26. The monoisotopic (exact) mass is 289 g/mol. The minimum atomic E-state index is -0.597. The van der Waals surface area contributed by atoms with Gasteiger partial charge < -0.3 is 4.74 Å². The number of hydrogen-bond donors (Lipinski definition) is 2. The SMILES string of the molecule is NNC(=O)COc1ccc(Br)cc1[N+](=O)[O-]. The Hall–Kier alpha value is -1.67. The zero-order chi connectivity index (χ0) is 12.1. The smallest absolute Gasteiger partial charge is 0.312 e. The van der Waals surface area contributed by atoms with Crippen molar-refractivity contribution >= 4 is 27.5 Å². The summed E-state index contributed by atoms with van der Waals surface area (Å²) in [5.74, 6) is 4.28. The molecule has 1 aromatic rings. The predicted octanol–water partition coefficient (Wildman–Crippen LogP) is 0.726. The molecule has 1 aromatic carbocycles. The molecule has 0 aliphatic heterocycles. The molecule has 0 fully saturated rings. The Balaban J connectivity index is 2.87. The molecule has 7 nitrogen and oxygen atoms in total. The minimum absolute atomic E-state index is 0.0109. The summed E-state index contributed by atoms with van der Waals surface area (Å²) in [7, 11) is 0. The van der Waals surface area contributed by atoms with Crippen molar-refractivity contribution in [1.82, 2.24) is 5.43 Å². The highest BCUT2D eigenvalue weighted by molar-refractivity contribution is 9.10. The number of ether oxygens (including phenoxy) is 1. The number of carbonyl (C=O) groups is 1. The first-order valence-electron chi connectivity index (χ1n) is 4.10. The van der Waals surface area contributed by atoms with Crippen molar-refractivity contribution in [3.05, 3.63) is 32.8 Å². The van der Waals surface area contributed by atoms with Gasteiger partial charge >= 0.3 is 5.69 Å². The van der Waals surface area contributed by atoms with Crippen LogP contribution >= 0.6 is 15.9 Å². The maximum Gasteiger partial charge on any atom is 0.312 e. The topological polar surface area (TPSA) is 107 Å². The van der Waals surface area contributed by atoms with Crippen LogP contribution in [0.2, 0.25) is 0 Å². The van der Waals surface area contributed by atoms with E-state index in [-0.39, 0.29) is 18.0 Å². The van der Waals surface area contributed by atoms with E-state index in [1.165, 1.54) is 12.1 Å². The van der Waals surface area contributed by atoms with Crippen molar-refractivity contribution in [3.8, 4) is 5.75 Å². The van der Waals surface area contributed by atoms with Crippen LogP contribution in [0.1, 0.15) is 0 Å². The van der Waals surface area contributed by atoms with Crippen molar-refractivity contribution in [2.75, 3.05) is 6.61 Å². The first kappa shape index (κ1) is 12.4. The molecule has 0 unspecified atom stereocenters. The zero-order valence-electron chi connectivity index (χ0n) is 7.97. The van der Waals surface area contributed by atoms with E-state index < -0.39 is 10.8 Å². The Kier molecular flexibility index (Phi) is 4.20. The Bertz CT molecular complexity index is 424. The number of carbonyl (C=O) groups excluding carboxylic acids is 1. The summed E-state index contributed by atoms with van der Waals surface area (Å²) in [4.78, 5) is 20.9. The molecule has 0 saturated carbocycles. The van der Waals surface area contributed by atoms with Crippen molar-refractivity contribution in [3.63, 3.8) is 0 Å². The average molecular weight is 290 g/mol. The normalized spacial score (nSPS) is 9.62. The van der Waals surface area contributed by atoms with Gasteiger partial charge in [0, 0.05) is 10.5 Å². The molecule has 1 amide bonds. The number of nitrogens with two attached hydrogens (primary N) is 1. The van der Waals surface area contributed by atoms with Crippen LogP contribution in [0.5, 0.6) is 5.75 Å². The van der Waals surface area contributed by atoms with Crippen LogP contribution in [0.25, 0.3) is 0 Å². The number of nitrogens with zero attached hydrogens (tertiary/aromatic N) is 1. The molecule has 8 heteroatoms. The molecule has 0 saturated heterocycles. The number of nitro groups is 1. The highest BCUT2D eigenvalue weighted by atomic mass is 79.9. The highest BCUT2D eigenvalue weighted by Gasteiger charge is 2.16. The van der Waals surface area contributed by atoms with Gasteiger partial charge in [-0.05, 0) is 12.1 Å². The summed E-state index contributed by atoms with van der Waals surface area (Å²) < 4.78 is 5.50. The standard InChI is InChI=1S/C8H8BrN3O4/c9-5-1-2-7(6(3-5)12(14)15)16-4-8(13)11-10/h1-3H,4,10H2,(H,11,13). The fourth-order valence-corrected chi connectivity index (χ4v) is 1.29. The lowest BCUT2D eigenvalue weighted by molar-refractivity contribution is -0.385. The van der Waals surface area contributed by atoms with Gasteiger partial charge in [-0.25, -0.2) is 5.84 Å².